The molecule has 0 aliphatic rings. The lowest BCUT2D eigenvalue weighted by Crippen LogP contribution is -2.04. The van der Waals surface area contributed by atoms with Crippen molar-refractivity contribution in [1.82, 2.24) is 0 Å². The Hall–Kier alpha value is -0.930. The van der Waals surface area contributed by atoms with E-state index in [2.05, 4.69) is 31.9 Å². The number of hydrogen-bond donors (Lipinski definition) is 0. The molecule has 0 N–H and O–H groups in total. The Morgan fingerprint density at radius 2 is 1.71 bits per heavy atom. The normalized spacial score (nSPS) is 10.3. The highest BCUT2D eigenvalue weighted by atomic mass is 79.9. The number of halogens is 2. The minimum atomic E-state index is 0.0440. The average Bonchev–Trinajstić information content (AvgIpc) is 2.29. The standard InChI is InChI=1S/C14H10Br2O/c1-9-4-2-3-5-11(9)14(17)12-7-6-10(15)8-13(12)16/h2-8H,1H3. The molecule has 0 unspecified atom stereocenters. The van der Waals surface area contributed by atoms with Gasteiger partial charge in [-0.1, -0.05) is 40.2 Å². The molecular formula is C14H10Br2O. The molecule has 0 saturated carbocycles. The molecule has 0 aliphatic heterocycles. The van der Waals surface area contributed by atoms with Crippen LogP contribution in [0, 0.1) is 6.92 Å². The van der Waals surface area contributed by atoms with Gasteiger partial charge in [-0.3, -0.25) is 4.79 Å². The smallest absolute Gasteiger partial charge is 0.194 e. The topological polar surface area (TPSA) is 17.1 Å². The number of aryl methyl sites for hydroxylation is 1. The van der Waals surface area contributed by atoms with E-state index in [9.17, 15) is 4.79 Å². The highest BCUT2D eigenvalue weighted by molar-refractivity contribution is 9.11. The number of hydrogen-bond acceptors (Lipinski definition) is 1. The summed E-state index contributed by atoms with van der Waals surface area (Å²) in [7, 11) is 0. The molecule has 0 aliphatic carbocycles. The molecule has 0 fully saturated rings. The molecule has 2 aromatic rings. The van der Waals surface area contributed by atoms with Crippen LogP contribution < -0.4 is 0 Å². The second-order valence-electron chi connectivity index (χ2n) is 3.77. The maximum atomic E-state index is 12.4. The third kappa shape index (κ3) is 2.67. The molecule has 0 radical (unpaired) electrons. The lowest BCUT2D eigenvalue weighted by Gasteiger charge is -2.06. The Labute approximate surface area is 117 Å². The summed E-state index contributed by atoms with van der Waals surface area (Å²) in [6, 6.07) is 13.2. The predicted octanol–water partition coefficient (Wildman–Crippen LogP) is 4.75. The van der Waals surface area contributed by atoms with Gasteiger partial charge < -0.3 is 0 Å². The van der Waals surface area contributed by atoms with Crippen molar-refractivity contribution >= 4 is 37.6 Å². The largest absolute Gasteiger partial charge is 0.289 e. The Morgan fingerprint density at radius 1 is 1.00 bits per heavy atom. The van der Waals surface area contributed by atoms with Crippen LogP contribution in [0.1, 0.15) is 21.5 Å². The minimum Gasteiger partial charge on any atom is -0.289 e. The summed E-state index contributed by atoms with van der Waals surface area (Å²) in [4.78, 5) is 12.4. The maximum absolute atomic E-state index is 12.4. The molecule has 0 amide bonds. The molecule has 86 valence electrons. The van der Waals surface area contributed by atoms with E-state index in [-0.39, 0.29) is 5.78 Å². The van der Waals surface area contributed by atoms with Gasteiger partial charge in [0.25, 0.3) is 0 Å². The van der Waals surface area contributed by atoms with Crippen LogP contribution in [0.25, 0.3) is 0 Å². The highest BCUT2D eigenvalue weighted by Gasteiger charge is 2.14. The van der Waals surface area contributed by atoms with Crippen LogP contribution in [0.15, 0.2) is 51.4 Å². The lowest BCUT2D eigenvalue weighted by molar-refractivity contribution is 0.103. The zero-order valence-corrected chi connectivity index (χ0v) is 12.4. The number of ketones is 1. The van der Waals surface area contributed by atoms with E-state index in [1.807, 2.05) is 49.4 Å². The summed E-state index contributed by atoms with van der Waals surface area (Å²) in [5.74, 6) is 0.0440. The first-order valence-electron chi connectivity index (χ1n) is 5.15. The van der Waals surface area contributed by atoms with Gasteiger partial charge in [-0.25, -0.2) is 0 Å². The van der Waals surface area contributed by atoms with Crippen molar-refractivity contribution in [3.63, 3.8) is 0 Å². The van der Waals surface area contributed by atoms with Crippen molar-refractivity contribution in [1.29, 1.82) is 0 Å². The zero-order valence-electron chi connectivity index (χ0n) is 9.21. The van der Waals surface area contributed by atoms with Crippen molar-refractivity contribution < 1.29 is 4.79 Å². The van der Waals surface area contributed by atoms with Crippen LogP contribution in [-0.4, -0.2) is 5.78 Å². The number of benzene rings is 2. The summed E-state index contributed by atoms with van der Waals surface area (Å²) in [5.41, 5.74) is 2.42. The van der Waals surface area contributed by atoms with E-state index in [0.29, 0.717) is 5.56 Å². The molecule has 2 aromatic carbocycles. The molecule has 0 saturated heterocycles. The summed E-state index contributed by atoms with van der Waals surface area (Å²) in [6.45, 7) is 1.94. The molecule has 2 rings (SSSR count). The summed E-state index contributed by atoms with van der Waals surface area (Å²) >= 11 is 6.79. The zero-order chi connectivity index (χ0) is 12.4. The fourth-order valence-corrected chi connectivity index (χ4v) is 2.87. The second kappa shape index (κ2) is 5.15. The second-order valence-corrected chi connectivity index (χ2v) is 5.54. The van der Waals surface area contributed by atoms with Gasteiger partial charge >= 0.3 is 0 Å². The number of rotatable bonds is 2. The quantitative estimate of drug-likeness (QED) is 0.712. The van der Waals surface area contributed by atoms with E-state index in [0.717, 1.165) is 20.1 Å². The van der Waals surface area contributed by atoms with Crippen LogP contribution in [0.5, 0.6) is 0 Å². The molecule has 0 bridgehead atoms. The molecule has 0 spiro atoms. The van der Waals surface area contributed by atoms with Crippen molar-refractivity contribution in [2.24, 2.45) is 0 Å². The van der Waals surface area contributed by atoms with Crippen LogP contribution in [0.2, 0.25) is 0 Å². The van der Waals surface area contributed by atoms with Crippen LogP contribution in [0.4, 0.5) is 0 Å². The summed E-state index contributed by atoms with van der Waals surface area (Å²) in [5, 5.41) is 0. The monoisotopic (exact) mass is 352 g/mol. The van der Waals surface area contributed by atoms with E-state index in [1.54, 1.807) is 0 Å². The van der Waals surface area contributed by atoms with Gasteiger partial charge in [0.15, 0.2) is 5.78 Å². The van der Waals surface area contributed by atoms with Crippen molar-refractivity contribution in [3.05, 3.63) is 68.1 Å². The van der Waals surface area contributed by atoms with E-state index in [1.165, 1.54) is 0 Å². The van der Waals surface area contributed by atoms with E-state index in [4.69, 9.17) is 0 Å². The molecule has 0 atom stereocenters. The van der Waals surface area contributed by atoms with Gasteiger partial charge in [-0.05, 0) is 46.6 Å². The maximum Gasteiger partial charge on any atom is 0.194 e. The Bertz CT molecular complexity index is 576. The molecular weight excluding hydrogens is 344 g/mol. The van der Waals surface area contributed by atoms with Gasteiger partial charge in [0, 0.05) is 20.1 Å². The SMILES string of the molecule is Cc1ccccc1C(=O)c1ccc(Br)cc1Br. The summed E-state index contributed by atoms with van der Waals surface area (Å²) < 4.78 is 1.76. The fraction of sp³-hybridized carbons (Fsp3) is 0.0714. The van der Waals surface area contributed by atoms with Gasteiger partial charge in [0.2, 0.25) is 0 Å². The van der Waals surface area contributed by atoms with Crippen molar-refractivity contribution in [2.75, 3.05) is 0 Å². The third-order valence-electron chi connectivity index (χ3n) is 2.57. The van der Waals surface area contributed by atoms with Crippen LogP contribution in [0.3, 0.4) is 0 Å². The van der Waals surface area contributed by atoms with Crippen LogP contribution >= 0.6 is 31.9 Å². The average molecular weight is 354 g/mol. The molecule has 0 heterocycles. The Morgan fingerprint density at radius 3 is 2.35 bits per heavy atom. The summed E-state index contributed by atoms with van der Waals surface area (Å²) in [6.07, 6.45) is 0. The fourth-order valence-electron chi connectivity index (χ4n) is 1.65. The van der Waals surface area contributed by atoms with Gasteiger partial charge in [0.05, 0.1) is 0 Å². The molecule has 3 heteroatoms. The third-order valence-corrected chi connectivity index (χ3v) is 3.71. The first-order chi connectivity index (χ1) is 8.09. The first-order valence-corrected chi connectivity index (χ1v) is 6.73. The molecule has 17 heavy (non-hydrogen) atoms. The van der Waals surface area contributed by atoms with Crippen molar-refractivity contribution in [3.8, 4) is 0 Å². The van der Waals surface area contributed by atoms with Gasteiger partial charge in [-0.15, -0.1) is 0 Å². The first kappa shape index (κ1) is 12.5. The van der Waals surface area contributed by atoms with Gasteiger partial charge in [0.1, 0.15) is 0 Å². The highest BCUT2D eigenvalue weighted by Crippen LogP contribution is 2.25. The lowest BCUT2D eigenvalue weighted by atomic mass is 9.99. The van der Waals surface area contributed by atoms with Crippen LogP contribution in [-0.2, 0) is 0 Å². The minimum absolute atomic E-state index is 0.0440. The number of carbonyl (C=O) groups excluding carboxylic acids is 1. The molecule has 1 nitrogen and oxygen atoms in total. The molecule has 0 aromatic heterocycles. The van der Waals surface area contributed by atoms with E-state index >= 15 is 0 Å². The van der Waals surface area contributed by atoms with Gasteiger partial charge in [-0.2, -0.15) is 0 Å². The van der Waals surface area contributed by atoms with E-state index < -0.39 is 0 Å². The van der Waals surface area contributed by atoms with Crippen molar-refractivity contribution in [2.45, 2.75) is 6.92 Å². The Balaban J connectivity index is 2.48. The Kier molecular flexibility index (Phi) is 3.79. The predicted molar refractivity (Wildman–Crippen MR) is 76.5 cm³/mol. The number of carbonyl (C=O) groups is 1.